The van der Waals surface area contributed by atoms with Crippen LogP contribution in [0.2, 0.25) is 0 Å². The number of esters is 1. The van der Waals surface area contributed by atoms with E-state index in [0.29, 0.717) is 43.2 Å². The van der Waals surface area contributed by atoms with E-state index < -0.39 is 5.60 Å². The van der Waals surface area contributed by atoms with Gasteiger partial charge in [-0.2, -0.15) is 0 Å². The van der Waals surface area contributed by atoms with Gasteiger partial charge in [-0.15, -0.1) is 0 Å². The van der Waals surface area contributed by atoms with Gasteiger partial charge in [-0.05, 0) is 30.3 Å². The predicted octanol–water partition coefficient (Wildman–Crippen LogP) is 3.40. The van der Waals surface area contributed by atoms with Crippen molar-refractivity contribution in [2.45, 2.75) is 19.4 Å². The second kappa shape index (κ2) is 10.3. The van der Waals surface area contributed by atoms with Crippen LogP contribution in [0, 0.1) is 0 Å². The third kappa shape index (κ3) is 4.76. The summed E-state index contributed by atoms with van der Waals surface area (Å²) >= 11 is 0. The molecule has 2 N–H and O–H groups in total. The Bertz CT molecular complexity index is 1380. The molecule has 0 unspecified atom stereocenters. The van der Waals surface area contributed by atoms with Crippen molar-refractivity contribution in [1.82, 2.24) is 10.6 Å². The molecular formula is C30H32N4O5. The van der Waals surface area contributed by atoms with Crippen LogP contribution in [0.5, 0.6) is 11.5 Å². The van der Waals surface area contributed by atoms with Crippen LogP contribution >= 0.6 is 0 Å². The fourth-order valence-corrected chi connectivity index (χ4v) is 5.19. The highest BCUT2D eigenvalue weighted by atomic mass is 16.6. The van der Waals surface area contributed by atoms with Crippen molar-refractivity contribution >= 4 is 29.2 Å². The lowest BCUT2D eigenvalue weighted by Gasteiger charge is -2.37. The van der Waals surface area contributed by atoms with E-state index in [1.54, 1.807) is 6.07 Å². The number of carbonyl (C=O) groups excluding carboxylic acids is 3. The monoisotopic (exact) mass is 528 g/mol. The molecule has 202 valence electrons. The summed E-state index contributed by atoms with van der Waals surface area (Å²) in [5.74, 6) is 0.658. The number of nitrogens with one attached hydrogen (secondary N) is 2. The van der Waals surface area contributed by atoms with Crippen molar-refractivity contribution in [3.8, 4) is 11.5 Å². The van der Waals surface area contributed by atoms with Crippen LogP contribution in [0.1, 0.15) is 40.9 Å². The zero-order chi connectivity index (χ0) is 27.7. The highest BCUT2D eigenvalue weighted by Crippen LogP contribution is 2.56. The second-order valence-electron chi connectivity index (χ2n) is 9.89. The summed E-state index contributed by atoms with van der Waals surface area (Å²) in [6.07, 6.45) is 0. The molecule has 0 atom stereocenters. The first-order chi connectivity index (χ1) is 18.7. The quantitative estimate of drug-likeness (QED) is 0.432. The van der Waals surface area contributed by atoms with E-state index in [9.17, 15) is 14.4 Å². The van der Waals surface area contributed by atoms with Crippen LogP contribution < -0.4 is 25.2 Å². The second-order valence-corrected chi connectivity index (χ2v) is 9.89. The van der Waals surface area contributed by atoms with Gasteiger partial charge >= 0.3 is 5.97 Å². The average Bonchev–Trinajstić information content (AvgIpc) is 3.20. The van der Waals surface area contributed by atoms with Crippen molar-refractivity contribution in [3.05, 3.63) is 82.9 Å². The fourth-order valence-electron chi connectivity index (χ4n) is 5.19. The van der Waals surface area contributed by atoms with Gasteiger partial charge in [0.15, 0.2) is 5.60 Å². The van der Waals surface area contributed by atoms with E-state index in [-0.39, 0.29) is 17.8 Å². The van der Waals surface area contributed by atoms with Gasteiger partial charge in [0.2, 0.25) is 11.8 Å². The highest BCUT2D eigenvalue weighted by Gasteiger charge is 2.53. The molecule has 0 radical (unpaired) electrons. The molecular weight excluding hydrogens is 496 g/mol. The number of anilines is 2. The molecule has 5 rings (SSSR count). The van der Waals surface area contributed by atoms with Gasteiger partial charge in [0.05, 0.1) is 5.56 Å². The summed E-state index contributed by atoms with van der Waals surface area (Å²) in [7, 11) is 3.90. The number of amides is 2. The lowest BCUT2D eigenvalue weighted by Crippen LogP contribution is -2.34. The summed E-state index contributed by atoms with van der Waals surface area (Å²) < 4.78 is 12.8. The van der Waals surface area contributed by atoms with E-state index in [1.807, 2.05) is 78.5 Å². The van der Waals surface area contributed by atoms with E-state index >= 15 is 0 Å². The number of fused-ring (bicyclic) bond motifs is 6. The predicted molar refractivity (Wildman–Crippen MR) is 149 cm³/mol. The van der Waals surface area contributed by atoms with E-state index in [1.165, 1.54) is 13.8 Å². The first-order valence-electron chi connectivity index (χ1n) is 12.9. The van der Waals surface area contributed by atoms with Gasteiger partial charge in [0, 0.05) is 94.3 Å². The minimum atomic E-state index is -1.14. The van der Waals surface area contributed by atoms with Crippen LogP contribution in [-0.4, -0.2) is 58.1 Å². The van der Waals surface area contributed by atoms with Crippen molar-refractivity contribution in [2.75, 3.05) is 50.1 Å². The Morgan fingerprint density at radius 2 is 1.28 bits per heavy atom. The molecule has 2 heterocycles. The van der Waals surface area contributed by atoms with Crippen LogP contribution in [0.15, 0.2) is 60.7 Å². The standard InChI is InChI=1S/C30H32N4O5/c1-19(35)31-13-15-33(3)21-9-11-25-27(17-21)38-28-18-22(34(4)16-14-32-20(2)36)10-12-26(28)30(25)24-8-6-5-7-23(24)29(37)39-30/h5-12,17-18H,13-16H2,1-4H3,(H,31,35)(H,32,36). The molecule has 9 nitrogen and oxygen atoms in total. The average molecular weight is 529 g/mol. The van der Waals surface area contributed by atoms with Crippen molar-refractivity contribution in [2.24, 2.45) is 0 Å². The third-order valence-corrected chi connectivity index (χ3v) is 7.20. The number of ether oxygens (including phenoxy) is 2. The summed E-state index contributed by atoms with van der Waals surface area (Å²) in [6.45, 7) is 5.24. The molecule has 0 aliphatic carbocycles. The number of nitrogens with zero attached hydrogens (tertiary/aromatic N) is 2. The Labute approximate surface area is 227 Å². The van der Waals surface area contributed by atoms with Crippen LogP contribution in [-0.2, 0) is 19.9 Å². The van der Waals surface area contributed by atoms with E-state index in [0.717, 1.165) is 28.1 Å². The van der Waals surface area contributed by atoms with Crippen molar-refractivity contribution < 1.29 is 23.9 Å². The van der Waals surface area contributed by atoms with Crippen LogP contribution in [0.25, 0.3) is 0 Å². The van der Waals surface area contributed by atoms with Gasteiger partial charge in [-0.3, -0.25) is 9.59 Å². The molecule has 0 saturated heterocycles. The van der Waals surface area contributed by atoms with Gasteiger partial charge in [0.25, 0.3) is 0 Å². The molecule has 3 aromatic rings. The third-order valence-electron chi connectivity index (χ3n) is 7.20. The molecule has 0 saturated carbocycles. The molecule has 1 spiro atoms. The molecule has 0 fully saturated rings. The molecule has 39 heavy (non-hydrogen) atoms. The first kappa shape index (κ1) is 26.1. The van der Waals surface area contributed by atoms with Gasteiger partial charge in [-0.25, -0.2) is 4.79 Å². The molecule has 2 amide bonds. The topological polar surface area (TPSA) is 100 Å². The smallest absolute Gasteiger partial charge is 0.340 e. The van der Waals surface area contributed by atoms with Crippen LogP contribution in [0.4, 0.5) is 11.4 Å². The molecule has 3 aromatic carbocycles. The molecule has 2 aliphatic heterocycles. The normalized spacial score (nSPS) is 13.9. The molecule has 9 heteroatoms. The van der Waals surface area contributed by atoms with Gasteiger partial charge in [-0.1, -0.05) is 18.2 Å². The van der Waals surface area contributed by atoms with Crippen LogP contribution in [0.3, 0.4) is 0 Å². The number of likely N-dealkylation sites (N-methyl/N-ethyl adjacent to an activating group) is 2. The van der Waals surface area contributed by atoms with E-state index in [2.05, 4.69) is 10.6 Å². The maximum absolute atomic E-state index is 13.1. The summed E-state index contributed by atoms with van der Waals surface area (Å²) in [6, 6.07) is 19.2. The Hall–Kier alpha value is -4.53. The van der Waals surface area contributed by atoms with Gasteiger partial charge < -0.3 is 29.9 Å². The first-order valence-corrected chi connectivity index (χ1v) is 12.9. The Morgan fingerprint density at radius 3 is 1.79 bits per heavy atom. The lowest BCUT2D eigenvalue weighted by molar-refractivity contribution is -0.119. The zero-order valence-corrected chi connectivity index (χ0v) is 22.5. The fraction of sp³-hybridized carbons (Fsp3) is 0.300. The number of hydrogen-bond acceptors (Lipinski definition) is 7. The summed E-state index contributed by atoms with van der Waals surface area (Å²) in [5, 5.41) is 5.63. The zero-order valence-electron chi connectivity index (χ0n) is 22.5. The molecule has 2 aliphatic rings. The van der Waals surface area contributed by atoms with Crippen molar-refractivity contribution in [3.63, 3.8) is 0 Å². The maximum Gasteiger partial charge on any atom is 0.340 e. The number of benzene rings is 3. The minimum absolute atomic E-state index is 0.0738. The number of carbonyl (C=O) groups is 3. The largest absolute Gasteiger partial charge is 0.456 e. The highest BCUT2D eigenvalue weighted by molar-refractivity contribution is 5.97. The minimum Gasteiger partial charge on any atom is -0.456 e. The summed E-state index contributed by atoms with van der Waals surface area (Å²) in [5.41, 5.74) is 3.47. The van der Waals surface area contributed by atoms with E-state index in [4.69, 9.17) is 9.47 Å². The Morgan fingerprint density at radius 1 is 0.769 bits per heavy atom. The lowest BCUT2D eigenvalue weighted by atomic mass is 9.77. The number of hydrogen-bond donors (Lipinski definition) is 2. The SMILES string of the molecule is CC(=O)NCCN(C)c1ccc2c(c1)Oc1cc(N(C)CCNC(C)=O)ccc1C21OC(=O)c2ccccc21. The Balaban J connectivity index is 1.56. The van der Waals surface area contributed by atoms with Gasteiger partial charge in [0.1, 0.15) is 11.5 Å². The Kier molecular flexibility index (Phi) is 6.91. The van der Waals surface area contributed by atoms with Crippen molar-refractivity contribution in [1.29, 1.82) is 0 Å². The number of rotatable bonds is 8. The maximum atomic E-state index is 13.1. The molecule has 0 bridgehead atoms. The molecule has 0 aromatic heterocycles. The summed E-state index contributed by atoms with van der Waals surface area (Å²) in [4.78, 5) is 39.8.